The molecule has 25 heavy (non-hydrogen) atoms. The fourth-order valence-corrected chi connectivity index (χ4v) is 2.16. The Hall–Kier alpha value is -2.54. The Morgan fingerprint density at radius 3 is 2.24 bits per heavy atom. The van der Waals surface area contributed by atoms with Gasteiger partial charge in [0, 0.05) is 10.2 Å². The highest BCUT2D eigenvalue weighted by Gasteiger charge is 2.11. The summed E-state index contributed by atoms with van der Waals surface area (Å²) in [4.78, 5) is 23.5. The Morgan fingerprint density at radius 2 is 1.60 bits per heavy atom. The Bertz CT molecular complexity index is 718. The van der Waals surface area contributed by atoms with Crippen molar-refractivity contribution in [1.82, 2.24) is 0 Å². The van der Waals surface area contributed by atoms with Crippen LogP contribution < -0.4 is 14.8 Å². The van der Waals surface area contributed by atoms with E-state index in [0.29, 0.717) is 23.8 Å². The number of anilines is 1. The van der Waals surface area contributed by atoms with Gasteiger partial charge >= 0.3 is 5.97 Å². The van der Waals surface area contributed by atoms with Gasteiger partial charge in [0.05, 0.1) is 6.61 Å². The lowest BCUT2D eigenvalue weighted by atomic mass is 10.3. The molecule has 0 atom stereocenters. The molecule has 0 spiro atoms. The van der Waals surface area contributed by atoms with Crippen LogP contribution in [0.5, 0.6) is 11.5 Å². The van der Waals surface area contributed by atoms with Crippen molar-refractivity contribution < 1.29 is 23.8 Å². The van der Waals surface area contributed by atoms with E-state index >= 15 is 0 Å². The maximum absolute atomic E-state index is 11.8. The van der Waals surface area contributed by atoms with Gasteiger partial charge in [-0.05, 0) is 43.3 Å². The van der Waals surface area contributed by atoms with Crippen molar-refractivity contribution in [2.24, 2.45) is 0 Å². The zero-order valence-corrected chi connectivity index (χ0v) is 15.2. The van der Waals surface area contributed by atoms with Crippen LogP contribution in [0.3, 0.4) is 0 Å². The molecule has 7 heteroatoms. The summed E-state index contributed by atoms with van der Waals surface area (Å²) in [5, 5.41) is 2.63. The highest BCUT2D eigenvalue weighted by Crippen LogP contribution is 2.26. The number of hydrogen-bond donors (Lipinski definition) is 1. The van der Waals surface area contributed by atoms with Gasteiger partial charge < -0.3 is 19.5 Å². The van der Waals surface area contributed by atoms with Crippen LogP contribution in [0.1, 0.15) is 6.92 Å². The number of ether oxygens (including phenoxy) is 3. The van der Waals surface area contributed by atoms with Gasteiger partial charge in [-0.3, -0.25) is 4.79 Å². The van der Waals surface area contributed by atoms with Gasteiger partial charge in [-0.1, -0.05) is 28.1 Å². The molecule has 6 nitrogen and oxygen atoms in total. The molecule has 0 unspecified atom stereocenters. The summed E-state index contributed by atoms with van der Waals surface area (Å²) in [5.74, 6) is -0.0750. The van der Waals surface area contributed by atoms with E-state index in [1.54, 1.807) is 42.5 Å². The molecule has 0 aromatic heterocycles. The van der Waals surface area contributed by atoms with Crippen molar-refractivity contribution in [3.8, 4) is 11.5 Å². The van der Waals surface area contributed by atoms with Crippen molar-refractivity contribution in [2.75, 3.05) is 25.1 Å². The maximum Gasteiger partial charge on any atom is 0.344 e. The van der Waals surface area contributed by atoms with Gasteiger partial charge in [0.2, 0.25) is 0 Å². The number of benzene rings is 2. The lowest BCUT2D eigenvalue weighted by Gasteiger charge is -2.11. The molecular formula is C18H18BrNO5. The second-order valence-electron chi connectivity index (χ2n) is 4.88. The van der Waals surface area contributed by atoms with Gasteiger partial charge in [-0.15, -0.1) is 0 Å². The Balaban J connectivity index is 1.75. The molecule has 0 aliphatic carbocycles. The van der Waals surface area contributed by atoms with Crippen LogP contribution in [0, 0.1) is 0 Å². The van der Waals surface area contributed by atoms with Crippen LogP contribution in [0.25, 0.3) is 0 Å². The number of amides is 1. The summed E-state index contributed by atoms with van der Waals surface area (Å²) >= 11 is 3.31. The summed E-state index contributed by atoms with van der Waals surface area (Å²) < 4.78 is 16.6. The van der Waals surface area contributed by atoms with E-state index in [2.05, 4.69) is 21.2 Å². The minimum Gasteiger partial charge on any atom is -0.490 e. The molecule has 0 heterocycles. The molecule has 0 radical (unpaired) electrons. The predicted molar refractivity (Wildman–Crippen MR) is 96.8 cm³/mol. The maximum atomic E-state index is 11.8. The number of rotatable bonds is 8. The van der Waals surface area contributed by atoms with Crippen molar-refractivity contribution in [2.45, 2.75) is 6.92 Å². The molecule has 2 rings (SSSR count). The lowest BCUT2D eigenvalue weighted by molar-refractivity contribution is -0.149. The highest BCUT2D eigenvalue weighted by molar-refractivity contribution is 9.10. The van der Waals surface area contributed by atoms with Crippen molar-refractivity contribution in [3.63, 3.8) is 0 Å². The smallest absolute Gasteiger partial charge is 0.344 e. The molecule has 0 saturated carbocycles. The van der Waals surface area contributed by atoms with Crippen LogP contribution in [0.4, 0.5) is 5.69 Å². The number of para-hydroxylation sites is 2. The molecular weight excluding hydrogens is 390 g/mol. The first-order valence-corrected chi connectivity index (χ1v) is 8.43. The third-order valence-corrected chi connectivity index (χ3v) is 3.52. The molecule has 0 saturated heterocycles. The molecule has 132 valence electrons. The SMILES string of the molecule is CCOc1ccccc1OCC(=O)OCC(=O)Nc1ccc(Br)cc1. The Kier molecular flexibility index (Phi) is 7.28. The highest BCUT2D eigenvalue weighted by atomic mass is 79.9. The second kappa shape index (κ2) is 9.68. The van der Waals surface area contributed by atoms with Crippen LogP contribution >= 0.6 is 15.9 Å². The van der Waals surface area contributed by atoms with E-state index in [0.717, 1.165) is 4.47 Å². The molecule has 0 bridgehead atoms. The quantitative estimate of drug-likeness (QED) is 0.678. The van der Waals surface area contributed by atoms with Crippen LogP contribution in [-0.4, -0.2) is 31.7 Å². The van der Waals surface area contributed by atoms with Crippen LogP contribution in [-0.2, 0) is 14.3 Å². The zero-order chi connectivity index (χ0) is 18.1. The number of carbonyl (C=O) groups excluding carboxylic acids is 2. The van der Waals surface area contributed by atoms with E-state index in [1.807, 2.05) is 13.0 Å². The molecule has 1 amide bonds. The Labute approximate surface area is 154 Å². The van der Waals surface area contributed by atoms with Gasteiger partial charge in [0.25, 0.3) is 5.91 Å². The van der Waals surface area contributed by atoms with E-state index in [1.165, 1.54) is 0 Å². The van der Waals surface area contributed by atoms with Gasteiger partial charge in [0.1, 0.15) is 0 Å². The third kappa shape index (κ3) is 6.46. The first kappa shape index (κ1) is 18.8. The largest absolute Gasteiger partial charge is 0.490 e. The molecule has 2 aromatic rings. The number of esters is 1. The summed E-state index contributed by atoms with van der Waals surface area (Å²) in [6.45, 7) is 1.65. The molecule has 2 aromatic carbocycles. The van der Waals surface area contributed by atoms with E-state index < -0.39 is 11.9 Å². The van der Waals surface area contributed by atoms with E-state index in [-0.39, 0.29) is 13.2 Å². The number of halogens is 1. The van der Waals surface area contributed by atoms with Gasteiger partial charge in [-0.25, -0.2) is 4.79 Å². The number of nitrogens with one attached hydrogen (secondary N) is 1. The first-order valence-electron chi connectivity index (χ1n) is 7.64. The third-order valence-electron chi connectivity index (χ3n) is 2.99. The average molecular weight is 408 g/mol. The van der Waals surface area contributed by atoms with Crippen molar-refractivity contribution >= 4 is 33.5 Å². The zero-order valence-electron chi connectivity index (χ0n) is 13.7. The Morgan fingerprint density at radius 1 is 0.960 bits per heavy atom. The fourth-order valence-electron chi connectivity index (χ4n) is 1.90. The lowest BCUT2D eigenvalue weighted by Crippen LogP contribution is -2.23. The van der Waals surface area contributed by atoms with Gasteiger partial charge in [0.15, 0.2) is 24.7 Å². The summed E-state index contributed by atoms with van der Waals surface area (Å²) in [6.07, 6.45) is 0. The van der Waals surface area contributed by atoms with E-state index in [4.69, 9.17) is 14.2 Å². The average Bonchev–Trinajstić information content (AvgIpc) is 2.61. The van der Waals surface area contributed by atoms with Gasteiger partial charge in [-0.2, -0.15) is 0 Å². The van der Waals surface area contributed by atoms with Crippen molar-refractivity contribution in [1.29, 1.82) is 0 Å². The normalized spacial score (nSPS) is 10.0. The topological polar surface area (TPSA) is 73.9 Å². The van der Waals surface area contributed by atoms with Crippen molar-refractivity contribution in [3.05, 3.63) is 53.0 Å². The monoisotopic (exact) mass is 407 g/mol. The number of hydrogen-bond acceptors (Lipinski definition) is 5. The fraction of sp³-hybridized carbons (Fsp3) is 0.222. The predicted octanol–water partition coefficient (Wildman–Crippen LogP) is 3.41. The second-order valence-corrected chi connectivity index (χ2v) is 5.80. The van der Waals surface area contributed by atoms with E-state index in [9.17, 15) is 9.59 Å². The molecule has 0 aliphatic rings. The first-order chi connectivity index (χ1) is 12.1. The summed E-state index contributed by atoms with van der Waals surface area (Å²) in [7, 11) is 0. The van der Waals surface area contributed by atoms with Crippen LogP contribution in [0.2, 0.25) is 0 Å². The molecule has 0 fully saturated rings. The molecule has 0 aliphatic heterocycles. The summed E-state index contributed by atoms with van der Waals surface area (Å²) in [5.41, 5.74) is 0.617. The summed E-state index contributed by atoms with van der Waals surface area (Å²) in [6, 6.07) is 14.1. The minimum atomic E-state index is -0.641. The minimum absolute atomic E-state index is 0.310. The molecule has 1 N–H and O–H groups in total. The standard InChI is InChI=1S/C18H18BrNO5/c1-2-23-15-5-3-4-6-16(15)24-12-18(22)25-11-17(21)20-14-9-7-13(19)8-10-14/h3-10H,2,11-12H2,1H3,(H,20,21). The number of carbonyl (C=O) groups is 2. The van der Waals surface area contributed by atoms with Crippen LogP contribution in [0.15, 0.2) is 53.0 Å².